The number of hydrogen-bond acceptors (Lipinski definition) is 3. The van der Waals surface area contributed by atoms with E-state index < -0.39 is 11.9 Å². The van der Waals surface area contributed by atoms with Gasteiger partial charge in [-0.25, -0.2) is 0 Å². The smallest absolute Gasteiger partial charge is 0.307 e. The topological polar surface area (TPSA) is 66.4 Å². The molecule has 2 N–H and O–H groups in total. The molecule has 0 aromatic heterocycles. The molecule has 2 fully saturated rings. The molecular weight excluding hydrogens is 274 g/mol. The summed E-state index contributed by atoms with van der Waals surface area (Å²) in [7, 11) is 0. The first-order chi connectivity index (χ1) is 9.61. The quantitative estimate of drug-likeness (QED) is 0.837. The van der Waals surface area contributed by atoms with E-state index in [9.17, 15) is 14.7 Å². The summed E-state index contributed by atoms with van der Waals surface area (Å²) in [5, 5.41) is 13.1. The Morgan fingerprint density at radius 3 is 2.15 bits per heavy atom. The number of carbonyl (C=O) groups excluding carboxylic acids is 1. The molecule has 0 aromatic carbocycles. The van der Waals surface area contributed by atoms with Gasteiger partial charge in [0.2, 0.25) is 5.91 Å². The van der Waals surface area contributed by atoms with Crippen LogP contribution < -0.4 is 5.32 Å². The van der Waals surface area contributed by atoms with E-state index in [4.69, 9.17) is 0 Å². The first kappa shape index (κ1) is 15.7. The zero-order valence-corrected chi connectivity index (χ0v) is 13.0. The lowest BCUT2D eigenvalue weighted by Crippen LogP contribution is -2.45. The first-order valence-corrected chi connectivity index (χ1v) is 8.96. The molecule has 4 nitrogen and oxygen atoms in total. The molecule has 2 unspecified atom stereocenters. The molecule has 2 atom stereocenters. The van der Waals surface area contributed by atoms with Crippen molar-refractivity contribution in [1.82, 2.24) is 5.32 Å². The molecule has 0 saturated heterocycles. The SMILES string of the molecule is CSC1CCC(NC(=O)C2CCCCC2C(=O)O)CC1. The van der Waals surface area contributed by atoms with Gasteiger partial charge in [-0.3, -0.25) is 9.59 Å². The van der Waals surface area contributed by atoms with Gasteiger partial charge in [0.05, 0.1) is 11.8 Å². The van der Waals surface area contributed by atoms with Crippen LogP contribution in [0.2, 0.25) is 0 Å². The molecule has 2 aliphatic rings. The van der Waals surface area contributed by atoms with Crippen LogP contribution in [0.15, 0.2) is 0 Å². The van der Waals surface area contributed by atoms with Gasteiger partial charge in [-0.2, -0.15) is 11.8 Å². The third kappa shape index (κ3) is 3.90. The summed E-state index contributed by atoms with van der Waals surface area (Å²) in [6, 6.07) is 0.252. The van der Waals surface area contributed by atoms with Crippen LogP contribution in [0.4, 0.5) is 0 Å². The number of carbonyl (C=O) groups is 2. The second kappa shape index (κ2) is 7.34. The largest absolute Gasteiger partial charge is 0.481 e. The Labute approximate surface area is 125 Å². The van der Waals surface area contributed by atoms with E-state index in [0.717, 1.165) is 50.2 Å². The molecule has 0 bridgehead atoms. The van der Waals surface area contributed by atoms with E-state index in [2.05, 4.69) is 11.6 Å². The maximum absolute atomic E-state index is 12.4. The second-order valence-electron chi connectivity index (χ2n) is 6.05. The summed E-state index contributed by atoms with van der Waals surface area (Å²) in [6.07, 6.45) is 9.78. The Kier molecular flexibility index (Phi) is 5.75. The van der Waals surface area contributed by atoms with Gasteiger partial charge < -0.3 is 10.4 Å². The van der Waals surface area contributed by atoms with Crippen molar-refractivity contribution in [2.24, 2.45) is 11.8 Å². The minimum absolute atomic E-state index is 0.0234. The van der Waals surface area contributed by atoms with E-state index >= 15 is 0 Å². The zero-order valence-electron chi connectivity index (χ0n) is 12.1. The predicted octanol–water partition coefficient (Wildman–Crippen LogP) is 2.67. The number of rotatable bonds is 4. The first-order valence-electron chi connectivity index (χ1n) is 7.67. The monoisotopic (exact) mass is 299 g/mol. The fraction of sp³-hybridized carbons (Fsp3) is 0.867. The van der Waals surface area contributed by atoms with Crippen molar-refractivity contribution < 1.29 is 14.7 Å². The highest BCUT2D eigenvalue weighted by molar-refractivity contribution is 7.99. The number of carboxylic acid groups (broad SMARTS) is 1. The van der Waals surface area contributed by atoms with Gasteiger partial charge in [-0.05, 0) is 44.8 Å². The number of carboxylic acids is 1. The lowest BCUT2D eigenvalue weighted by Gasteiger charge is -2.32. The van der Waals surface area contributed by atoms with Crippen molar-refractivity contribution in [3.05, 3.63) is 0 Å². The summed E-state index contributed by atoms with van der Waals surface area (Å²) in [6.45, 7) is 0. The average molecular weight is 299 g/mol. The van der Waals surface area contributed by atoms with Gasteiger partial charge in [-0.15, -0.1) is 0 Å². The van der Waals surface area contributed by atoms with E-state index in [1.807, 2.05) is 11.8 Å². The molecule has 0 aliphatic heterocycles. The third-order valence-corrected chi connectivity index (χ3v) is 5.91. The highest BCUT2D eigenvalue weighted by atomic mass is 32.2. The maximum atomic E-state index is 12.4. The number of hydrogen-bond donors (Lipinski definition) is 2. The van der Waals surface area contributed by atoms with Gasteiger partial charge >= 0.3 is 5.97 Å². The fourth-order valence-electron chi connectivity index (χ4n) is 3.49. The Hall–Kier alpha value is -0.710. The minimum atomic E-state index is -0.809. The maximum Gasteiger partial charge on any atom is 0.307 e. The number of amides is 1. The Morgan fingerprint density at radius 1 is 1.00 bits per heavy atom. The normalized spacial score (nSPS) is 34.5. The molecule has 0 radical (unpaired) electrons. The van der Waals surface area contributed by atoms with Crippen molar-refractivity contribution in [2.75, 3.05) is 6.26 Å². The van der Waals surface area contributed by atoms with Crippen molar-refractivity contribution >= 4 is 23.6 Å². The summed E-state index contributed by atoms with van der Waals surface area (Å²) in [5.41, 5.74) is 0. The summed E-state index contributed by atoms with van der Waals surface area (Å²) in [4.78, 5) is 23.6. The van der Waals surface area contributed by atoms with Gasteiger partial charge in [0.25, 0.3) is 0 Å². The number of aliphatic carboxylic acids is 1. The van der Waals surface area contributed by atoms with Gasteiger partial charge in [0, 0.05) is 11.3 Å². The highest BCUT2D eigenvalue weighted by Gasteiger charge is 2.36. The van der Waals surface area contributed by atoms with E-state index in [0.29, 0.717) is 6.42 Å². The van der Waals surface area contributed by atoms with E-state index in [-0.39, 0.29) is 17.9 Å². The van der Waals surface area contributed by atoms with Gasteiger partial charge in [-0.1, -0.05) is 12.8 Å². The Morgan fingerprint density at radius 2 is 1.60 bits per heavy atom. The van der Waals surface area contributed by atoms with Gasteiger partial charge in [0.1, 0.15) is 0 Å². The van der Waals surface area contributed by atoms with Crippen LogP contribution in [0.3, 0.4) is 0 Å². The molecule has 5 heteroatoms. The lowest BCUT2D eigenvalue weighted by molar-refractivity contribution is -0.149. The van der Waals surface area contributed by atoms with Crippen LogP contribution in [0, 0.1) is 11.8 Å². The Bertz CT molecular complexity index is 353. The van der Waals surface area contributed by atoms with Crippen molar-refractivity contribution in [1.29, 1.82) is 0 Å². The summed E-state index contributed by atoms with van der Waals surface area (Å²) < 4.78 is 0. The zero-order chi connectivity index (χ0) is 14.5. The van der Waals surface area contributed by atoms with Crippen LogP contribution in [0.5, 0.6) is 0 Å². The summed E-state index contributed by atoms with van der Waals surface area (Å²) in [5.74, 6) is -1.63. The van der Waals surface area contributed by atoms with Crippen molar-refractivity contribution in [3.63, 3.8) is 0 Å². The molecule has 0 spiro atoms. The van der Waals surface area contributed by atoms with E-state index in [1.54, 1.807) is 0 Å². The predicted molar refractivity (Wildman–Crippen MR) is 80.8 cm³/mol. The molecule has 114 valence electrons. The molecular formula is C15H25NO3S. The highest BCUT2D eigenvalue weighted by Crippen LogP contribution is 2.32. The fourth-order valence-corrected chi connectivity index (χ4v) is 4.23. The van der Waals surface area contributed by atoms with Crippen LogP contribution in [-0.2, 0) is 9.59 Å². The van der Waals surface area contributed by atoms with Crippen LogP contribution in [0.25, 0.3) is 0 Å². The molecule has 0 aromatic rings. The Balaban J connectivity index is 1.86. The molecule has 2 rings (SSSR count). The van der Waals surface area contributed by atoms with Crippen LogP contribution >= 0.6 is 11.8 Å². The van der Waals surface area contributed by atoms with Crippen molar-refractivity contribution in [2.45, 2.75) is 62.7 Å². The van der Waals surface area contributed by atoms with E-state index in [1.165, 1.54) is 0 Å². The molecule has 0 heterocycles. The average Bonchev–Trinajstić information content (AvgIpc) is 2.48. The standard InChI is InChI=1S/C15H25NO3S/c1-20-11-8-6-10(7-9-11)16-14(17)12-4-2-3-5-13(12)15(18)19/h10-13H,2-9H2,1H3,(H,16,17)(H,18,19). The second-order valence-corrected chi connectivity index (χ2v) is 7.19. The molecule has 1 amide bonds. The van der Waals surface area contributed by atoms with Crippen molar-refractivity contribution in [3.8, 4) is 0 Å². The van der Waals surface area contributed by atoms with Crippen LogP contribution in [-0.4, -0.2) is 34.5 Å². The van der Waals surface area contributed by atoms with Gasteiger partial charge in [0.15, 0.2) is 0 Å². The molecule has 20 heavy (non-hydrogen) atoms. The van der Waals surface area contributed by atoms with Crippen LogP contribution in [0.1, 0.15) is 51.4 Å². The molecule has 2 aliphatic carbocycles. The molecule has 2 saturated carbocycles. The lowest BCUT2D eigenvalue weighted by atomic mass is 9.78. The number of nitrogens with one attached hydrogen (secondary N) is 1. The minimum Gasteiger partial charge on any atom is -0.481 e. The summed E-state index contributed by atoms with van der Waals surface area (Å²) >= 11 is 1.91. The number of thioether (sulfide) groups is 1. The third-order valence-electron chi connectivity index (χ3n) is 4.77.